The lowest BCUT2D eigenvalue weighted by atomic mass is 10.0. The summed E-state index contributed by atoms with van der Waals surface area (Å²) in [5.41, 5.74) is 0. The Bertz CT molecular complexity index is 1110. The summed E-state index contributed by atoms with van der Waals surface area (Å²) in [6.07, 6.45) is 75.4. The highest BCUT2D eigenvalue weighted by molar-refractivity contribution is 5.76. The maximum atomic E-state index is 12.4. The van der Waals surface area contributed by atoms with Crippen LogP contribution in [0.2, 0.25) is 0 Å². The Hall–Kier alpha value is -1.66. The molecule has 3 N–H and O–H groups in total. The molecule has 0 saturated carbocycles. The fourth-order valence-electron chi connectivity index (χ4n) is 10.0. The Kier molecular flexibility index (Phi) is 59.5. The zero-order valence-corrected chi connectivity index (χ0v) is 48.0. The van der Waals surface area contributed by atoms with Crippen LogP contribution < -0.4 is 5.32 Å². The first-order chi connectivity index (χ1) is 35.0. The summed E-state index contributed by atoms with van der Waals surface area (Å²) < 4.78 is 5.47. The lowest BCUT2D eigenvalue weighted by molar-refractivity contribution is -0.143. The van der Waals surface area contributed by atoms with E-state index in [4.69, 9.17) is 4.74 Å². The van der Waals surface area contributed by atoms with E-state index < -0.39 is 12.1 Å². The van der Waals surface area contributed by atoms with Gasteiger partial charge in [-0.15, -0.1) is 0 Å². The molecule has 0 spiro atoms. The van der Waals surface area contributed by atoms with Gasteiger partial charge in [0.25, 0.3) is 0 Å². The molecule has 1 amide bonds. The summed E-state index contributed by atoms with van der Waals surface area (Å²) in [4.78, 5) is 24.4. The van der Waals surface area contributed by atoms with Crippen molar-refractivity contribution < 1.29 is 24.5 Å². The number of amides is 1. The molecule has 6 heteroatoms. The molecule has 0 aromatic carbocycles. The average Bonchev–Trinajstić information content (AvgIpc) is 3.37. The third kappa shape index (κ3) is 57.5. The van der Waals surface area contributed by atoms with Crippen LogP contribution in [0, 0.1) is 0 Å². The van der Waals surface area contributed by atoms with Gasteiger partial charge in [-0.2, -0.15) is 0 Å². The molecule has 0 saturated heterocycles. The largest absolute Gasteiger partial charge is 0.466 e. The molecule has 0 fully saturated rings. The topological polar surface area (TPSA) is 95.9 Å². The Balaban J connectivity index is 3.30. The summed E-state index contributed by atoms with van der Waals surface area (Å²) in [6.45, 7) is 4.87. The number of hydrogen-bond donors (Lipinski definition) is 3. The second-order valence-corrected chi connectivity index (χ2v) is 22.1. The van der Waals surface area contributed by atoms with Crippen molar-refractivity contribution in [1.82, 2.24) is 5.32 Å². The van der Waals surface area contributed by atoms with Gasteiger partial charge in [0.2, 0.25) is 5.91 Å². The molecule has 71 heavy (non-hydrogen) atoms. The van der Waals surface area contributed by atoms with E-state index in [0.29, 0.717) is 19.4 Å². The average molecular weight is 1000 g/mol. The van der Waals surface area contributed by atoms with Gasteiger partial charge in [-0.3, -0.25) is 9.59 Å². The SMILES string of the molecule is CCCC/C=C\CCCCCCCC(=O)OCCCCCCCCCCCCCCCCCCCCCCCCCCCCCCCCCCCC(=O)NC(CO)C(O)/C=C/CCCCCCCCCC. The van der Waals surface area contributed by atoms with Crippen LogP contribution in [0.4, 0.5) is 0 Å². The van der Waals surface area contributed by atoms with E-state index in [2.05, 4.69) is 31.3 Å². The van der Waals surface area contributed by atoms with E-state index in [1.807, 2.05) is 6.08 Å². The number of ether oxygens (including phenoxy) is 1. The van der Waals surface area contributed by atoms with Crippen LogP contribution in [0.1, 0.15) is 354 Å². The van der Waals surface area contributed by atoms with E-state index in [-0.39, 0.29) is 18.5 Å². The van der Waals surface area contributed by atoms with E-state index in [0.717, 1.165) is 44.9 Å². The van der Waals surface area contributed by atoms with Crippen molar-refractivity contribution in [2.45, 2.75) is 366 Å². The first-order valence-corrected chi connectivity index (χ1v) is 32.1. The molecule has 0 aliphatic rings. The van der Waals surface area contributed by atoms with E-state index >= 15 is 0 Å². The van der Waals surface area contributed by atoms with Crippen molar-refractivity contribution in [3.8, 4) is 0 Å². The molecule has 0 aliphatic carbocycles. The Morgan fingerprint density at radius 2 is 0.676 bits per heavy atom. The molecular formula is C65H125NO5. The van der Waals surface area contributed by atoms with Gasteiger partial charge in [-0.05, 0) is 51.4 Å². The number of unbranched alkanes of at least 4 members (excludes halogenated alkanes) is 47. The number of aliphatic hydroxyl groups is 2. The van der Waals surface area contributed by atoms with Crippen LogP contribution in [0.5, 0.6) is 0 Å². The molecule has 0 aliphatic heterocycles. The first-order valence-electron chi connectivity index (χ1n) is 32.1. The number of aliphatic hydroxyl groups excluding tert-OH is 2. The molecule has 0 heterocycles. The predicted octanol–water partition coefficient (Wildman–Crippen LogP) is 20.2. The van der Waals surface area contributed by atoms with Gasteiger partial charge in [0.1, 0.15) is 0 Å². The summed E-state index contributed by atoms with van der Waals surface area (Å²) in [5, 5.41) is 23.0. The van der Waals surface area contributed by atoms with E-state index in [1.54, 1.807) is 6.08 Å². The van der Waals surface area contributed by atoms with Gasteiger partial charge in [0.15, 0.2) is 0 Å². The molecule has 0 bridgehead atoms. The molecule has 0 aromatic rings. The third-order valence-electron chi connectivity index (χ3n) is 15.0. The number of carbonyl (C=O) groups is 2. The number of carbonyl (C=O) groups excluding carboxylic acids is 2. The van der Waals surface area contributed by atoms with Gasteiger partial charge in [0, 0.05) is 12.8 Å². The highest BCUT2D eigenvalue weighted by atomic mass is 16.5. The molecule has 2 atom stereocenters. The fourth-order valence-corrected chi connectivity index (χ4v) is 10.0. The molecule has 0 aromatic heterocycles. The Labute approximate surface area is 443 Å². The molecule has 0 rings (SSSR count). The van der Waals surface area contributed by atoms with Gasteiger partial charge < -0.3 is 20.3 Å². The maximum Gasteiger partial charge on any atom is 0.305 e. The van der Waals surface area contributed by atoms with Crippen molar-refractivity contribution in [1.29, 1.82) is 0 Å². The third-order valence-corrected chi connectivity index (χ3v) is 15.0. The standard InChI is InChI=1S/C65H125NO5/c1-3-5-7-9-11-13-38-43-47-51-55-59-65(70)71-60-56-52-48-44-40-37-35-33-31-29-27-25-23-21-19-17-15-16-18-20-22-24-26-28-30-32-34-36-39-42-46-50-54-58-64(69)66-62(61-67)63(68)57-53-49-45-41-14-12-10-8-6-4-2/h9,11,53,57,62-63,67-68H,3-8,10,12-52,54-56,58-61H2,1-2H3,(H,66,69)/b11-9-,57-53+. The Morgan fingerprint density at radius 3 is 1.04 bits per heavy atom. The number of nitrogens with one attached hydrogen (secondary N) is 1. The van der Waals surface area contributed by atoms with Crippen LogP contribution >= 0.6 is 0 Å². The summed E-state index contributed by atoms with van der Waals surface area (Å²) in [5.74, 6) is -0.0536. The minimum absolute atomic E-state index is 0.0104. The van der Waals surface area contributed by atoms with Crippen LogP contribution in [0.15, 0.2) is 24.3 Å². The van der Waals surface area contributed by atoms with Crippen LogP contribution in [-0.2, 0) is 14.3 Å². The summed E-state index contributed by atoms with van der Waals surface area (Å²) >= 11 is 0. The minimum Gasteiger partial charge on any atom is -0.466 e. The lowest BCUT2D eigenvalue weighted by Crippen LogP contribution is -2.45. The number of esters is 1. The van der Waals surface area contributed by atoms with Gasteiger partial charge in [-0.1, -0.05) is 314 Å². The second-order valence-electron chi connectivity index (χ2n) is 22.1. The highest BCUT2D eigenvalue weighted by Gasteiger charge is 2.18. The fraction of sp³-hybridized carbons (Fsp3) is 0.908. The molecule has 420 valence electrons. The smallest absolute Gasteiger partial charge is 0.305 e. The maximum absolute atomic E-state index is 12.4. The minimum atomic E-state index is -0.838. The molecule has 0 radical (unpaired) electrons. The summed E-state index contributed by atoms with van der Waals surface area (Å²) in [6, 6.07) is -0.622. The monoisotopic (exact) mass is 1000 g/mol. The normalized spacial score (nSPS) is 12.7. The lowest BCUT2D eigenvalue weighted by Gasteiger charge is -2.20. The predicted molar refractivity (Wildman–Crippen MR) is 310 cm³/mol. The van der Waals surface area contributed by atoms with Crippen LogP contribution in [-0.4, -0.2) is 47.4 Å². The number of rotatable bonds is 60. The molecular weight excluding hydrogens is 875 g/mol. The van der Waals surface area contributed by atoms with E-state index in [1.165, 1.54) is 283 Å². The summed E-state index contributed by atoms with van der Waals surface area (Å²) in [7, 11) is 0. The first kappa shape index (κ1) is 69.3. The zero-order chi connectivity index (χ0) is 51.4. The van der Waals surface area contributed by atoms with Crippen molar-refractivity contribution in [3.63, 3.8) is 0 Å². The van der Waals surface area contributed by atoms with Crippen molar-refractivity contribution in [2.24, 2.45) is 0 Å². The zero-order valence-electron chi connectivity index (χ0n) is 48.0. The van der Waals surface area contributed by atoms with Crippen LogP contribution in [0.3, 0.4) is 0 Å². The number of hydrogen-bond acceptors (Lipinski definition) is 5. The Morgan fingerprint density at radius 1 is 0.380 bits per heavy atom. The molecule has 6 nitrogen and oxygen atoms in total. The quantitative estimate of drug-likeness (QED) is 0.0320. The highest BCUT2D eigenvalue weighted by Crippen LogP contribution is 2.18. The van der Waals surface area contributed by atoms with Crippen molar-refractivity contribution in [2.75, 3.05) is 13.2 Å². The second kappa shape index (κ2) is 60.9. The van der Waals surface area contributed by atoms with Gasteiger partial charge >= 0.3 is 5.97 Å². The van der Waals surface area contributed by atoms with Crippen molar-refractivity contribution in [3.05, 3.63) is 24.3 Å². The van der Waals surface area contributed by atoms with E-state index in [9.17, 15) is 19.8 Å². The number of allylic oxidation sites excluding steroid dienone is 3. The van der Waals surface area contributed by atoms with Gasteiger partial charge in [0.05, 0.1) is 25.4 Å². The van der Waals surface area contributed by atoms with Crippen LogP contribution in [0.25, 0.3) is 0 Å². The van der Waals surface area contributed by atoms with Gasteiger partial charge in [-0.25, -0.2) is 0 Å². The van der Waals surface area contributed by atoms with Crippen molar-refractivity contribution >= 4 is 11.9 Å². The molecule has 2 unspecified atom stereocenters.